The number of aromatic amines is 2. The minimum atomic E-state index is -0.730. The SMILES string of the molecule is O=c1[nH]nc([O-])c(Cl)c1Cl.O=c1[nH]nc([O-])c(Cl)c1Cl.[Zn+2]. The van der Waals surface area contributed by atoms with Gasteiger partial charge >= 0.3 is 19.5 Å². The van der Waals surface area contributed by atoms with Gasteiger partial charge < -0.3 is 10.2 Å². The summed E-state index contributed by atoms with van der Waals surface area (Å²) in [4.78, 5) is 21.0. The third-order valence-electron chi connectivity index (χ3n) is 1.68. The fourth-order valence-corrected chi connectivity index (χ4v) is 1.29. The number of rotatable bonds is 0. The molecule has 0 radical (unpaired) electrons. The average molecular weight is 425 g/mol. The van der Waals surface area contributed by atoms with Gasteiger partial charge in [-0.2, -0.15) is 10.2 Å². The van der Waals surface area contributed by atoms with Gasteiger partial charge in [0.05, 0.1) is 10.0 Å². The second-order valence-corrected chi connectivity index (χ2v) is 4.48. The Bertz CT molecular complexity index is 687. The third kappa shape index (κ3) is 5.12. The largest absolute Gasteiger partial charge is 2.00 e. The molecule has 2 heterocycles. The zero-order chi connectivity index (χ0) is 15.4. The van der Waals surface area contributed by atoms with Crippen LogP contribution >= 0.6 is 46.4 Å². The number of H-pyrrole nitrogens is 2. The van der Waals surface area contributed by atoms with Crippen molar-refractivity contribution in [3.05, 3.63) is 40.8 Å². The number of halogens is 4. The fraction of sp³-hybridized carbons (Fsp3) is 0. The molecule has 0 spiro atoms. The fourth-order valence-electron chi connectivity index (χ4n) is 0.787. The van der Waals surface area contributed by atoms with Crippen molar-refractivity contribution >= 4 is 46.4 Å². The molecule has 0 aliphatic carbocycles. The Morgan fingerprint density at radius 3 is 1.24 bits per heavy atom. The van der Waals surface area contributed by atoms with Gasteiger partial charge in [-0.15, -0.1) is 0 Å². The van der Waals surface area contributed by atoms with E-state index in [1.54, 1.807) is 0 Å². The maximum absolute atomic E-state index is 10.5. The molecule has 0 saturated heterocycles. The summed E-state index contributed by atoms with van der Waals surface area (Å²) >= 11 is 21.0. The Kier molecular flexibility index (Phi) is 8.20. The van der Waals surface area contributed by atoms with Crippen LogP contribution in [0.5, 0.6) is 11.8 Å². The molecule has 0 bridgehead atoms. The molecule has 2 aromatic rings. The standard InChI is InChI=1S/2C4H2Cl2N2O2.Zn/c2*5-1-2(6)4(10)8-7-3(1)9;/h2*(H,7,9)(H,8,10);/q;;+2/p-2. The first kappa shape index (κ1) is 20.1. The zero-order valence-corrected chi connectivity index (χ0v) is 15.7. The first-order chi connectivity index (χ1) is 9.25. The van der Waals surface area contributed by atoms with Gasteiger partial charge in [-0.3, -0.25) is 9.59 Å². The van der Waals surface area contributed by atoms with E-state index < -0.39 is 22.9 Å². The smallest absolute Gasteiger partial charge is 0.856 e. The molecule has 0 fully saturated rings. The van der Waals surface area contributed by atoms with Gasteiger partial charge in [-0.25, -0.2) is 10.2 Å². The minimum absolute atomic E-state index is 0. The molecule has 0 unspecified atom stereocenters. The molecule has 2 rings (SSSR count). The van der Waals surface area contributed by atoms with Crippen LogP contribution in [0.25, 0.3) is 0 Å². The van der Waals surface area contributed by atoms with Crippen LogP contribution in [0.4, 0.5) is 0 Å². The molecule has 0 amide bonds. The average Bonchev–Trinajstić information content (AvgIpc) is 2.43. The molecule has 8 nitrogen and oxygen atoms in total. The maximum Gasteiger partial charge on any atom is 2.00 e. The Hall–Kier alpha value is -0.857. The third-order valence-corrected chi connectivity index (χ3v) is 3.29. The van der Waals surface area contributed by atoms with Gasteiger partial charge in [-0.05, 0) is 0 Å². The van der Waals surface area contributed by atoms with Crippen molar-refractivity contribution < 1.29 is 29.7 Å². The summed E-state index contributed by atoms with van der Waals surface area (Å²) in [5, 5.41) is 29.5. The molecule has 2 N–H and O–H groups in total. The van der Waals surface area contributed by atoms with Crippen LogP contribution < -0.4 is 21.3 Å². The molecule has 21 heavy (non-hydrogen) atoms. The van der Waals surface area contributed by atoms with Gasteiger partial charge in [0.25, 0.3) is 11.1 Å². The first-order valence-corrected chi connectivity index (χ1v) is 5.98. The van der Waals surface area contributed by atoms with E-state index in [-0.39, 0.29) is 39.6 Å². The van der Waals surface area contributed by atoms with Crippen molar-refractivity contribution in [1.29, 1.82) is 0 Å². The summed E-state index contributed by atoms with van der Waals surface area (Å²) < 4.78 is 0. The molecule has 0 aliphatic rings. The Morgan fingerprint density at radius 2 is 1.00 bits per heavy atom. The molecule has 108 valence electrons. The van der Waals surface area contributed by atoms with E-state index >= 15 is 0 Å². The van der Waals surface area contributed by atoms with Crippen molar-refractivity contribution in [2.45, 2.75) is 0 Å². The quantitative estimate of drug-likeness (QED) is 0.583. The van der Waals surface area contributed by atoms with Gasteiger partial charge in [0.15, 0.2) is 0 Å². The number of hydrogen-bond acceptors (Lipinski definition) is 6. The molecular formula is C8H2Cl4N4O4Zn. The van der Waals surface area contributed by atoms with E-state index in [1.807, 2.05) is 10.2 Å². The summed E-state index contributed by atoms with van der Waals surface area (Å²) in [6.45, 7) is 0. The molecule has 2 aromatic heterocycles. The number of aromatic nitrogens is 4. The molecule has 0 aliphatic heterocycles. The summed E-state index contributed by atoms with van der Waals surface area (Å²) in [7, 11) is 0. The monoisotopic (exact) mass is 422 g/mol. The van der Waals surface area contributed by atoms with Gasteiger partial charge in [-0.1, -0.05) is 46.4 Å². The van der Waals surface area contributed by atoms with Crippen molar-refractivity contribution in [3.8, 4) is 11.8 Å². The van der Waals surface area contributed by atoms with Crippen LogP contribution in [0.15, 0.2) is 9.59 Å². The summed E-state index contributed by atoms with van der Waals surface area (Å²) in [5.74, 6) is -1.46. The Morgan fingerprint density at radius 1 is 0.714 bits per heavy atom. The second kappa shape index (κ2) is 8.55. The topological polar surface area (TPSA) is 138 Å². The van der Waals surface area contributed by atoms with Crippen LogP contribution in [0.1, 0.15) is 0 Å². The number of nitrogens with one attached hydrogen (secondary N) is 2. The Labute approximate surface area is 148 Å². The molecule has 0 atom stereocenters. The van der Waals surface area contributed by atoms with E-state index in [0.717, 1.165) is 0 Å². The first-order valence-electron chi connectivity index (χ1n) is 4.47. The van der Waals surface area contributed by atoms with Crippen LogP contribution in [0.3, 0.4) is 0 Å². The number of hydrogen-bond donors (Lipinski definition) is 2. The second-order valence-electron chi connectivity index (χ2n) is 2.97. The van der Waals surface area contributed by atoms with Crippen molar-refractivity contribution in [3.63, 3.8) is 0 Å². The van der Waals surface area contributed by atoms with E-state index in [4.69, 9.17) is 46.4 Å². The Balaban J connectivity index is 0.000000364. The summed E-state index contributed by atoms with van der Waals surface area (Å²) in [6, 6.07) is 0. The van der Waals surface area contributed by atoms with Crippen molar-refractivity contribution in [2.24, 2.45) is 0 Å². The predicted octanol–water partition coefficient (Wildman–Crippen LogP) is 0.298. The molecule has 0 saturated carbocycles. The van der Waals surface area contributed by atoms with Crippen molar-refractivity contribution in [2.75, 3.05) is 0 Å². The summed E-state index contributed by atoms with van der Waals surface area (Å²) in [6.07, 6.45) is 0. The normalized spacial score (nSPS) is 9.33. The van der Waals surface area contributed by atoms with E-state index in [1.165, 1.54) is 0 Å². The zero-order valence-electron chi connectivity index (χ0n) is 9.75. The van der Waals surface area contributed by atoms with Gasteiger partial charge in [0.2, 0.25) is 0 Å². The van der Waals surface area contributed by atoms with Gasteiger partial charge in [0, 0.05) is 11.8 Å². The van der Waals surface area contributed by atoms with Crippen molar-refractivity contribution in [1.82, 2.24) is 20.4 Å². The summed E-state index contributed by atoms with van der Waals surface area (Å²) in [5.41, 5.74) is -1.32. The minimum Gasteiger partial charge on any atom is -0.856 e. The predicted molar refractivity (Wildman–Crippen MR) is 68.6 cm³/mol. The molecule has 13 heteroatoms. The van der Waals surface area contributed by atoms with E-state index in [2.05, 4.69) is 10.2 Å². The maximum atomic E-state index is 10.5. The van der Waals surface area contributed by atoms with Gasteiger partial charge in [0.1, 0.15) is 10.0 Å². The number of nitrogens with zero attached hydrogens (tertiary/aromatic N) is 2. The van der Waals surface area contributed by atoms with E-state index in [9.17, 15) is 19.8 Å². The van der Waals surface area contributed by atoms with E-state index in [0.29, 0.717) is 0 Å². The van der Waals surface area contributed by atoms with Crippen LogP contribution in [0.2, 0.25) is 20.1 Å². The van der Waals surface area contributed by atoms with Crippen LogP contribution in [-0.2, 0) is 19.5 Å². The van der Waals surface area contributed by atoms with Crippen LogP contribution in [-0.4, -0.2) is 20.4 Å². The molecular weight excluding hydrogens is 423 g/mol. The van der Waals surface area contributed by atoms with Crippen LogP contribution in [0, 0.1) is 0 Å². The molecule has 0 aromatic carbocycles.